The topological polar surface area (TPSA) is 63.0 Å². The van der Waals surface area contributed by atoms with Gasteiger partial charge >= 0.3 is 5.97 Å². The first-order valence-corrected chi connectivity index (χ1v) is 5.51. The van der Waals surface area contributed by atoms with Crippen molar-refractivity contribution in [3.8, 4) is 6.07 Å². The Morgan fingerprint density at radius 1 is 1.71 bits per heavy atom. The number of aromatic nitrogens is 1. The standard InChI is InChI=1S/C10H7F2IN2O2/c1-17-7(16)2-5-4-15-9(10(11)12)8(13)6(5)3-14/h4,10H,2H2,1H3. The lowest BCUT2D eigenvalue weighted by atomic mass is 10.1. The largest absolute Gasteiger partial charge is 0.469 e. The first-order valence-electron chi connectivity index (χ1n) is 4.43. The molecule has 0 N–H and O–H groups in total. The van der Waals surface area contributed by atoms with E-state index in [0.29, 0.717) is 0 Å². The summed E-state index contributed by atoms with van der Waals surface area (Å²) in [4.78, 5) is 14.6. The molecular weight excluding hydrogens is 345 g/mol. The van der Waals surface area contributed by atoms with E-state index in [9.17, 15) is 13.6 Å². The number of methoxy groups -OCH3 is 1. The summed E-state index contributed by atoms with van der Waals surface area (Å²) in [5.41, 5.74) is -0.120. The van der Waals surface area contributed by atoms with Crippen molar-refractivity contribution >= 4 is 28.6 Å². The van der Waals surface area contributed by atoms with Crippen LogP contribution in [-0.4, -0.2) is 18.1 Å². The average Bonchev–Trinajstić information content (AvgIpc) is 2.28. The number of alkyl halides is 2. The number of carbonyl (C=O) groups is 1. The number of carbonyl (C=O) groups excluding carboxylic acids is 1. The Hall–Kier alpha value is -1.30. The maximum absolute atomic E-state index is 12.5. The first kappa shape index (κ1) is 13.8. The molecule has 0 aliphatic rings. The van der Waals surface area contributed by atoms with Crippen LogP contribution >= 0.6 is 22.6 Å². The molecule has 0 atom stereocenters. The number of rotatable bonds is 3. The molecule has 1 aromatic rings. The van der Waals surface area contributed by atoms with Gasteiger partial charge < -0.3 is 4.74 Å². The number of ether oxygens (including phenoxy) is 1. The van der Waals surface area contributed by atoms with Crippen molar-refractivity contribution in [3.63, 3.8) is 0 Å². The maximum Gasteiger partial charge on any atom is 0.310 e. The molecule has 0 aliphatic carbocycles. The van der Waals surface area contributed by atoms with Gasteiger partial charge in [0.1, 0.15) is 11.8 Å². The van der Waals surface area contributed by atoms with E-state index in [2.05, 4.69) is 9.72 Å². The first-order chi connectivity index (χ1) is 8.01. The summed E-state index contributed by atoms with van der Waals surface area (Å²) < 4.78 is 29.6. The average molecular weight is 352 g/mol. The Kier molecular flexibility index (Phi) is 4.74. The molecule has 0 radical (unpaired) electrons. The fourth-order valence-electron chi connectivity index (χ4n) is 1.17. The molecule has 0 saturated carbocycles. The molecule has 0 saturated heterocycles. The highest BCUT2D eigenvalue weighted by Gasteiger charge is 2.20. The molecule has 1 heterocycles. The second kappa shape index (κ2) is 5.86. The predicted octanol–water partition coefficient (Wildman–Crippen LogP) is 2.21. The van der Waals surface area contributed by atoms with Gasteiger partial charge in [-0.1, -0.05) is 0 Å². The van der Waals surface area contributed by atoms with Crippen LogP contribution in [0.4, 0.5) is 8.78 Å². The van der Waals surface area contributed by atoms with Crippen LogP contribution in [-0.2, 0) is 16.0 Å². The summed E-state index contributed by atoms with van der Waals surface area (Å²) in [7, 11) is 1.21. The van der Waals surface area contributed by atoms with Gasteiger partial charge in [-0.2, -0.15) is 5.26 Å². The molecule has 0 fully saturated rings. The van der Waals surface area contributed by atoms with E-state index < -0.39 is 18.1 Å². The van der Waals surface area contributed by atoms with E-state index in [1.165, 1.54) is 7.11 Å². The minimum Gasteiger partial charge on any atom is -0.469 e. The van der Waals surface area contributed by atoms with Crippen LogP contribution in [0.15, 0.2) is 6.20 Å². The molecule has 0 amide bonds. The highest BCUT2D eigenvalue weighted by molar-refractivity contribution is 14.1. The Bertz CT molecular complexity index is 486. The van der Waals surface area contributed by atoms with Gasteiger partial charge in [-0.05, 0) is 22.6 Å². The van der Waals surface area contributed by atoms with E-state index in [4.69, 9.17) is 5.26 Å². The van der Waals surface area contributed by atoms with E-state index in [1.54, 1.807) is 28.7 Å². The van der Waals surface area contributed by atoms with Crippen molar-refractivity contribution in [3.05, 3.63) is 26.6 Å². The Labute approximate surface area is 110 Å². The summed E-state index contributed by atoms with van der Waals surface area (Å²) in [5, 5.41) is 8.91. The number of esters is 1. The number of halogens is 3. The molecule has 0 unspecified atom stereocenters. The lowest BCUT2D eigenvalue weighted by molar-refractivity contribution is -0.139. The van der Waals surface area contributed by atoms with Crippen molar-refractivity contribution in [1.82, 2.24) is 4.98 Å². The van der Waals surface area contributed by atoms with Crippen LogP contribution in [0.1, 0.15) is 23.2 Å². The number of nitrogens with zero attached hydrogens (tertiary/aromatic N) is 2. The molecular formula is C10H7F2IN2O2. The summed E-state index contributed by atoms with van der Waals surface area (Å²) in [5.74, 6) is -0.552. The molecule has 0 aromatic carbocycles. The van der Waals surface area contributed by atoms with Crippen LogP contribution in [0, 0.1) is 14.9 Å². The highest BCUT2D eigenvalue weighted by Crippen LogP contribution is 2.26. The molecule has 90 valence electrons. The van der Waals surface area contributed by atoms with Gasteiger partial charge in [0, 0.05) is 11.8 Å². The van der Waals surface area contributed by atoms with E-state index in [-0.39, 0.29) is 21.1 Å². The van der Waals surface area contributed by atoms with Crippen molar-refractivity contribution in [1.29, 1.82) is 5.26 Å². The van der Waals surface area contributed by atoms with Crippen LogP contribution < -0.4 is 0 Å². The van der Waals surface area contributed by atoms with Gasteiger partial charge in [0.05, 0.1) is 22.7 Å². The van der Waals surface area contributed by atoms with E-state index in [1.807, 2.05) is 0 Å². The summed E-state index contributed by atoms with van der Waals surface area (Å²) >= 11 is 1.62. The Morgan fingerprint density at radius 3 is 2.82 bits per heavy atom. The number of nitriles is 1. The summed E-state index contributed by atoms with van der Waals surface area (Å²) in [6.07, 6.45) is -1.80. The monoisotopic (exact) mass is 352 g/mol. The molecule has 4 nitrogen and oxygen atoms in total. The van der Waals surface area contributed by atoms with Crippen molar-refractivity contribution in [2.45, 2.75) is 12.8 Å². The zero-order valence-electron chi connectivity index (χ0n) is 8.71. The number of pyridine rings is 1. The van der Waals surface area contributed by atoms with Crippen molar-refractivity contribution in [2.24, 2.45) is 0 Å². The van der Waals surface area contributed by atoms with Gasteiger partial charge in [0.25, 0.3) is 6.43 Å². The molecule has 17 heavy (non-hydrogen) atoms. The minimum atomic E-state index is -2.75. The Morgan fingerprint density at radius 2 is 2.35 bits per heavy atom. The lowest BCUT2D eigenvalue weighted by Crippen LogP contribution is -2.09. The quantitative estimate of drug-likeness (QED) is 0.618. The third-order valence-corrected chi connectivity index (χ3v) is 3.10. The fraction of sp³-hybridized carbons (Fsp3) is 0.300. The molecule has 0 spiro atoms. The second-order valence-electron chi connectivity index (χ2n) is 3.02. The normalized spacial score (nSPS) is 10.1. The van der Waals surface area contributed by atoms with Gasteiger partial charge in [-0.3, -0.25) is 9.78 Å². The predicted molar refractivity (Wildman–Crippen MR) is 62.3 cm³/mol. The van der Waals surface area contributed by atoms with Gasteiger partial charge in [-0.25, -0.2) is 8.78 Å². The fourth-order valence-corrected chi connectivity index (χ4v) is 2.01. The van der Waals surface area contributed by atoms with Gasteiger partial charge in [-0.15, -0.1) is 0 Å². The van der Waals surface area contributed by atoms with Gasteiger partial charge in [0.2, 0.25) is 0 Å². The molecule has 0 bridgehead atoms. The zero-order valence-corrected chi connectivity index (χ0v) is 10.9. The molecule has 7 heteroatoms. The molecule has 1 aromatic heterocycles. The van der Waals surface area contributed by atoms with Crippen LogP contribution in [0.3, 0.4) is 0 Å². The second-order valence-corrected chi connectivity index (χ2v) is 4.10. The van der Waals surface area contributed by atoms with Crippen LogP contribution in [0.2, 0.25) is 0 Å². The number of hydrogen-bond acceptors (Lipinski definition) is 4. The van der Waals surface area contributed by atoms with Gasteiger partial charge in [0.15, 0.2) is 0 Å². The van der Waals surface area contributed by atoms with Crippen molar-refractivity contribution < 1.29 is 18.3 Å². The van der Waals surface area contributed by atoms with Crippen LogP contribution in [0.25, 0.3) is 0 Å². The number of hydrogen-bond donors (Lipinski definition) is 0. The Balaban J connectivity index is 3.22. The minimum absolute atomic E-state index is 0.0429. The SMILES string of the molecule is COC(=O)Cc1cnc(C(F)F)c(I)c1C#N. The summed E-state index contributed by atoms with van der Waals surface area (Å²) in [6, 6.07) is 1.80. The smallest absolute Gasteiger partial charge is 0.310 e. The zero-order chi connectivity index (χ0) is 13.0. The van der Waals surface area contributed by atoms with E-state index >= 15 is 0 Å². The summed E-state index contributed by atoms with van der Waals surface area (Å²) in [6.45, 7) is 0. The molecule has 1 rings (SSSR count). The highest BCUT2D eigenvalue weighted by atomic mass is 127. The lowest BCUT2D eigenvalue weighted by Gasteiger charge is -2.08. The van der Waals surface area contributed by atoms with Crippen molar-refractivity contribution in [2.75, 3.05) is 7.11 Å². The third-order valence-electron chi connectivity index (χ3n) is 2.01. The maximum atomic E-state index is 12.5. The van der Waals surface area contributed by atoms with E-state index in [0.717, 1.165) is 6.20 Å². The van der Waals surface area contributed by atoms with Crippen LogP contribution in [0.5, 0.6) is 0 Å². The molecule has 0 aliphatic heterocycles. The third kappa shape index (κ3) is 3.09.